The van der Waals surface area contributed by atoms with Crippen molar-refractivity contribution in [2.24, 2.45) is 0 Å². The molecule has 1 saturated heterocycles. The van der Waals surface area contributed by atoms with Gasteiger partial charge in [0.25, 0.3) is 5.91 Å². The average molecular weight is 316 g/mol. The highest BCUT2D eigenvalue weighted by Crippen LogP contribution is 2.12. The van der Waals surface area contributed by atoms with E-state index in [4.69, 9.17) is 0 Å². The fourth-order valence-corrected chi connectivity index (χ4v) is 2.49. The van der Waals surface area contributed by atoms with Gasteiger partial charge in [-0.2, -0.15) is 0 Å². The lowest BCUT2D eigenvalue weighted by molar-refractivity contribution is 0.0934. The molecule has 0 aliphatic carbocycles. The van der Waals surface area contributed by atoms with Crippen LogP contribution in [-0.2, 0) is 4.74 Å². The number of carbonyl (C=O) groups excluding carboxylic acids is 2. The Morgan fingerprint density at radius 3 is 2.74 bits per heavy atom. The highest BCUT2D eigenvalue weighted by atomic mass is 16.5. The zero-order chi connectivity index (χ0) is 16.2. The van der Waals surface area contributed by atoms with Crippen molar-refractivity contribution >= 4 is 12.0 Å². The fourth-order valence-electron chi connectivity index (χ4n) is 2.49. The molecule has 9 heteroatoms. The minimum atomic E-state index is -0.368. The number of amides is 2. The van der Waals surface area contributed by atoms with Gasteiger partial charge in [0.2, 0.25) is 0 Å². The first-order valence-corrected chi connectivity index (χ1v) is 7.14. The second kappa shape index (κ2) is 6.42. The molecule has 9 nitrogen and oxygen atoms in total. The topological polar surface area (TPSA) is 102 Å². The minimum absolute atomic E-state index is 0.0687. The standard InChI is InChI=1S/C14H16N6O3/c1-23-14(22)19-7-6-11(8-19)16-13(21)10-2-4-12(5-3-10)20-9-15-17-18-20/h2-5,9,11H,6-8H2,1H3,(H,16,21)/t11-/m0/s1. The molecule has 1 aromatic carbocycles. The molecule has 1 atom stereocenters. The molecule has 23 heavy (non-hydrogen) atoms. The third kappa shape index (κ3) is 3.28. The van der Waals surface area contributed by atoms with Gasteiger partial charge < -0.3 is 15.0 Å². The summed E-state index contributed by atoms with van der Waals surface area (Å²) in [7, 11) is 1.35. The number of nitrogens with one attached hydrogen (secondary N) is 1. The number of hydrogen-bond acceptors (Lipinski definition) is 6. The van der Waals surface area contributed by atoms with Crippen LogP contribution in [0.5, 0.6) is 0 Å². The lowest BCUT2D eigenvalue weighted by Gasteiger charge is -2.15. The molecule has 0 unspecified atom stereocenters. The van der Waals surface area contributed by atoms with Crippen molar-refractivity contribution < 1.29 is 14.3 Å². The smallest absolute Gasteiger partial charge is 0.409 e. The van der Waals surface area contributed by atoms with E-state index in [1.165, 1.54) is 18.1 Å². The molecule has 0 radical (unpaired) electrons. The summed E-state index contributed by atoms with van der Waals surface area (Å²) in [6.45, 7) is 1.04. The van der Waals surface area contributed by atoms with E-state index in [2.05, 4.69) is 25.6 Å². The first-order valence-electron chi connectivity index (χ1n) is 7.14. The van der Waals surface area contributed by atoms with Crippen LogP contribution in [0.25, 0.3) is 5.69 Å². The van der Waals surface area contributed by atoms with Gasteiger partial charge in [0.1, 0.15) is 6.33 Å². The molecule has 2 aromatic rings. The van der Waals surface area contributed by atoms with Gasteiger partial charge >= 0.3 is 6.09 Å². The number of carbonyl (C=O) groups is 2. The Hall–Kier alpha value is -2.97. The highest BCUT2D eigenvalue weighted by Gasteiger charge is 2.27. The van der Waals surface area contributed by atoms with E-state index in [0.29, 0.717) is 25.1 Å². The van der Waals surface area contributed by atoms with E-state index < -0.39 is 0 Å². The van der Waals surface area contributed by atoms with E-state index in [0.717, 1.165) is 5.69 Å². The number of ether oxygens (including phenoxy) is 1. The number of likely N-dealkylation sites (tertiary alicyclic amines) is 1. The van der Waals surface area contributed by atoms with Gasteiger partial charge in [-0.25, -0.2) is 9.48 Å². The minimum Gasteiger partial charge on any atom is -0.453 e. The van der Waals surface area contributed by atoms with Crippen molar-refractivity contribution in [1.82, 2.24) is 30.4 Å². The van der Waals surface area contributed by atoms with Gasteiger partial charge in [-0.05, 0) is 41.1 Å². The molecule has 1 aromatic heterocycles. The molecule has 0 bridgehead atoms. The van der Waals surface area contributed by atoms with E-state index >= 15 is 0 Å². The Morgan fingerprint density at radius 2 is 2.09 bits per heavy atom. The van der Waals surface area contributed by atoms with E-state index in [1.54, 1.807) is 29.2 Å². The predicted octanol–water partition coefficient (Wildman–Crippen LogP) is 0.233. The van der Waals surface area contributed by atoms with Crippen LogP contribution in [0.4, 0.5) is 4.79 Å². The molecule has 0 saturated carbocycles. The molecule has 0 spiro atoms. The van der Waals surface area contributed by atoms with Gasteiger partial charge in [0.15, 0.2) is 0 Å². The van der Waals surface area contributed by atoms with Gasteiger partial charge in [0, 0.05) is 24.7 Å². The number of hydrogen-bond donors (Lipinski definition) is 1. The van der Waals surface area contributed by atoms with Crippen LogP contribution in [0.2, 0.25) is 0 Å². The number of tetrazole rings is 1. The Morgan fingerprint density at radius 1 is 1.30 bits per heavy atom. The second-order valence-electron chi connectivity index (χ2n) is 5.18. The third-order valence-corrected chi connectivity index (χ3v) is 3.70. The zero-order valence-corrected chi connectivity index (χ0v) is 12.5. The third-order valence-electron chi connectivity index (χ3n) is 3.70. The number of methoxy groups -OCH3 is 1. The summed E-state index contributed by atoms with van der Waals surface area (Å²) in [6.07, 6.45) is 1.82. The molecular weight excluding hydrogens is 300 g/mol. The maximum absolute atomic E-state index is 12.3. The molecule has 2 amide bonds. The van der Waals surface area contributed by atoms with Gasteiger partial charge in [-0.3, -0.25) is 4.79 Å². The summed E-state index contributed by atoms with van der Waals surface area (Å²) < 4.78 is 6.18. The molecule has 1 N–H and O–H groups in total. The van der Waals surface area contributed by atoms with Crippen LogP contribution in [0.15, 0.2) is 30.6 Å². The summed E-state index contributed by atoms with van der Waals surface area (Å²) in [5.74, 6) is -0.176. The Bertz CT molecular complexity index is 685. The van der Waals surface area contributed by atoms with Gasteiger partial charge in [0.05, 0.1) is 12.8 Å². The maximum Gasteiger partial charge on any atom is 0.409 e. The molecule has 120 valence electrons. The first kappa shape index (κ1) is 14.9. The summed E-state index contributed by atoms with van der Waals surface area (Å²) in [6, 6.07) is 6.88. The van der Waals surface area contributed by atoms with E-state index in [9.17, 15) is 9.59 Å². The molecule has 2 heterocycles. The lowest BCUT2D eigenvalue weighted by atomic mass is 10.1. The molecule has 1 aliphatic rings. The molecule has 1 fully saturated rings. The van der Waals surface area contributed by atoms with Crippen LogP contribution < -0.4 is 5.32 Å². The number of nitrogens with zero attached hydrogens (tertiary/aromatic N) is 5. The maximum atomic E-state index is 12.3. The molecule has 1 aliphatic heterocycles. The number of rotatable bonds is 3. The van der Waals surface area contributed by atoms with Crippen molar-refractivity contribution in [1.29, 1.82) is 0 Å². The predicted molar refractivity (Wildman–Crippen MR) is 79.0 cm³/mol. The molecule has 3 rings (SSSR count). The van der Waals surface area contributed by atoms with Crippen LogP contribution >= 0.6 is 0 Å². The first-order chi connectivity index (χ1) is 11.2. The largest absolute Gasteiger partial charge is 0.453 e. The van der Waals surface area contributed by atoms with Gasteiger partial charge in [-0.15, -0.1) is 5.10 Å². The Kier molecular flexibility index (Phi) is 4.18. The van der Waals surface area contributed by atoms with Crippen LogP contribution in [0, 0.1) is 0 Å². The van der Waals surface area contributed by atoms with Crippen LogP contribution in [0.1, 0.15) is 16.8 Å². The number of aromatic nitrogens is 4. The number of benzene rings is 1. The van der Waals surface area contributed by atoms with Crippen molar-refractivity contribution in [2.75, 3.05) is 20.2 Å². The average Bonchev–Trinajstić information content (AvgIpc) is 3.26. The van der Waals surface area contributed by atoms with E-state index in [-0.39, 0.29) is 18.0 Å². The van der Waals surface area contributed by atoms with Gasteiger partial charge in [-0.1, -0.05) is 0 Å². The summed E-state index contributed by atoms with van der Waals surface area (Å²) >= 11 is 0. The van der Waals surface area contributed by atoms with Crippen molar-refractivity contribution in [2.45, 2.75) is 12.5 Å². The fraction of sp³-hybridized carbons (Fsp3) is 0.357. The van der Waals surface area contributed by atoms with Crippen molar-refractivity contribution in [3.8, 4) is 5.69 Å². The van der Waals surface area contributed by atoms with Crippen LogP contribution in [-0.4, -0.2) is 63.3 Å². The Labute approximate surface area is 132 Å². The van der Waals surface area contributed by atoms with Crippen molar-refractivity contribution in [3.05, 3.63) is 36.2 Å². The summed E-state index contributed by atoms with van der Waals surface area (Å²) in [4.78, 5) is 25.3. The lowest BCUT2D eigenvalue weighted by Crippen LogP contribution is -2.38. The summed E-state index contributed by atoms with van der Waals surface area (Å²) in [5.41, 5.74) is 1.31. The monoisotopic (exact) mass is 316 g/mol. The highest BCUT2D eigenvalue weighted by molar-refractivity contribution is 5.94. The normalized spacial score (nSPS) is 17.1. The second-order valence-corrected chi connectivity index (χ2v) is 5.18. The Balaban J connectivity index is 1.60. The molecular formula is C14H16N6O3. The summed E-state index contributed by atoms with van der Waals surface area (Å²) in [5, 5.41) is 13.8. The quantitative estimate of drug-likeness (QED) is 0.870. The van der Waals surface area contributed by atoms with Crippen LogP contribution in [0.3, 0.4) is 0 Å². The van der Waals surface area contributed by atoms with Crippen molar-refractivity contribution in [3.63, 3.8) is 0 Å². The SMILES string of the molecule is COC(=O)N1CC[C@H](NC(=O)c2ccc(-n3cnnn3)cc2)C1. The van der Waals surface area contributed by atoms with E-state index in [1.807, 2.05) is 0 Å². The zero-order valence-electron chi connectivity index (χ0n) is 12.5.